The van der Waals surface area contributed by atoms with Gasteiger partial charge in [-0.15, -0.1) is 0 Å². The molecule has 0 heterocycles. The van der Waals surface area contributed by atoms with E-state index >= 15 is 0 Å². The molecule has 0 heteroatoms. The SMILES string of the molecule is CC/C=C\C1=C(C)CCC(C)=C1. The molecule has 0 aromatic heterocycles. The van der Waals surface area contributed by atoms with E-state index in [0.717, 1.165) is 6.42 Å². The predicted octanol–water partition coefficient (Wildman–Crippen LogP) is 4.01. The largest absolute Gasteiger partial charge is 0.0842 e. The highest BCUT2D eigenvalue weighted by Gasteiger charge is 2.04. The smallest absolute Gasteiger partial charge is 0.0271 e. The molecule has 0 nitrogen and oxygen atoms in total. The lowest BCUT2D eigenvalue weighted by Gasteiger charge is -2.12. The van der Waals surface area contributed by atoms with Gasteiger partial charge in [0.05, 0.1) is 0 Å². The summed E-state index contributed by atoms with van der Waals surface area (Å²) in [5.74, 6) is 0. The second-order valence-corrected chi connectivity index (χ2v) is 3.54. The fraction of sp³-hybridized carbons (Fsp3) is 0.500. The van der Waals surface area contributed by atoms with Gasteiger partial charge in [0.15, 0.2) is 0 Å². The van der Waals surface area contributed by atoms with Crippen molar-refractivity contribution in [1.82, 2.24) is 0 Å². The van der Waals surface area contributed by atoms with E-state index in [2.05, 4.69) is 39.0 Å². The van der Waals surface area contributed by atoms with Crippen LogP contribution in [0.25, 0.3) is 0 Å². The van der Waals surface area contributed by atoms with Crippen molar-refractivity contribution in [2.24, 2.45) is 0 Å². The van der Waals surface area contributed by atoms with Crippen LogP contribution in [-0.4, -0.2) is 0 Å². The molecule has 0 unspecified atom stereocenters. The third kappa shape index (κ3) is 2.37. The van der Waals surface area contributed by atoms with Crippen LogP contribution in [0.2, 0.25) is 0 Å². The van der Waals surface area contributed by atoms with Gasteiger partial charge < -0.3 is 0 Å². The molecule has 0 radical (unpaired) electrons. The average Bonchev–Trinajstić information content (AvgIpc) is 2.07. The molecule has 0 aromatic rings. The molecule has 12 heavy (non-hydrogen) atoms. The van der Waals surface area contributed by atoms with E-state index in [4.69, 9.17) is 0 Å². The summed E-state index contributed by atoms with van der Waals surface area (Å²) in [5.41, 5.74) is 4.47. The Balaban J connectivity index is 2.78. The molecule has 0 atom stereocenters. The maximum atomic E-state index is 2.31. The average molecular weight is 162 g/mol. The Bertz CT molecular complexity index is 239. The molecule has 0 N–H and O–H groups in total. The lowest BCUT2D eigenvalue weighted by atomic mass is 9.94. The summed E-state index contributed by atoms with van der Waals surface area (Å²) in [6.45, 7) is 6.62. The van der Waals surface area contributed by atoms with Gasteiger partial charge in [-0.25, -0.2) is 0 Å². The van der Waals surface area contributed by atoms with Crippen molar-refractivity contribution in [1.29, 1.82) is 0 Å². The van der Waals surface area contributed by atoms with E-state index in [0.29, 0.717) is 0 Å². The minimum Gasteiger partial charge on any atom is -0.0842 e. The summed E-state index contributed by atoms with van der Waals surface area (Å²) < 4.78 is 0. The Morgan fingerprint density at radius 1 is 1.33 bits per heavy atom. The summed E-state index contributed by atoms with van der Waals surface area (Å²) in [7, 11) is 0. The molecule has 0 aromatic carbocycles. The highest BCUT2D eigenvalue weighted by Crippen LogP contribution is 2.23. The number of allylic oxidation sites excluding steroid dienone is 6. The Kier molecular flexibility index (Phi) is 3.33. The van der Waals surface area contributed by atoms with E-state index in [9.17, 15) is 0 Å². The molecule has 1 aliphatic rings. The molecular weight excluding hydrogens is 144 g/mol. The van der Waals surface area contributed by atoms with Gasteiger partial charge in [-0.05, 0) is 38.7 Å². The van der Waals surface area contributed by atoms with Crippen LogP contribution in [-0.2, 0) is 0 Å². The van der Waals surface area contributed by atoms with Gasteiger partial charge in [0.2, 0.25) is 0 Å². The first-order chi connectivity index (χ1) is 5.74. The fourth-order valence-corrected chi connectivity index (χ4v) is 1.43. The van der Waals surface area contributed by atoms with Crippen LogP contribution < -0.4 is 0 Å². The molecule has 0 fully saturated rings. The predicted molar refractivity (Wildman–Crippen MR) is 55.1 cm³/mol. The van der Waals surface area contributed by atoms with Crippen LogP contribution in [0.4, 0.5) is 0 Å². The highest BCUT2D eigenvalue weighted by atomic mass is 14.1. The van der Waals surface area contributed by atoms with Crippen molar-refractivity contribution in [3.63, 3.8) is 0 Å². The molecular formula is C12H18. The minimum atomic E-state index is 1.13. The maximum absolute atomic E-state index is 2.31. The Hall–Kier alpha value is -0.780. The number of hydrogen-bond donors (Lipinski definition) is 0. The quantitative estimate of drug-likeness (QED) is 0.575. The van der Waals surface area contributed by atoms with E-state index < -0.39 is 0 Å². The molecule has 1 aliphatic carbocycles. The van der Waals surface area contributed by atoms with Crippen molar-refractivity contribution >= 4 is 0 Å². The minimum absolute atomic E-state index is 1.13. The van der Waals surface area contributed by atoms with Crippen molar-refractivity contribution < 1.29 is 0 Å². The molecule has 0 bridgehead atoms. The monoisotopic (exact) mass is 162 g/mol. The van der Waals surface area contributed by atoms with E-state index in [1.54, 1.807) is 0 Å². The summed E-state index contributed by atoms with van der Waals surface area (Å²) in [5, 5.41) is 0. The van der Waals surface area contributed by atoms with E-state index in [1.807, 2.05) is 0 Å². The van der Waals surface area contributed by atoms with Gasteiger partial charge in [-0.3, -0.25) is 0 Å². The van der Waals surface area contributed by atoms with Crippen LogP contribution >= 0.6 is 0 Å². The molecule has 0 saturated heterocycles. The van der Waals surface area contributed by atoms with Crippen molar-refractivity contribution in [3.05, 3.63) is 34.9 Å². The van der Waals surface area contributed by atoms with Crippen LogP contribution in [0.3, 0.4) is 0 Å². The van der Waals surface area contributed by atoms with Gasteiger partial charge in [0.1, 0.15) is 0 Å². The molecule has 0 saturated carbocycles. The molecule has 0 aliphatic heterocycles. The van der Waals surface area contributed by atoms with Gasteiger partial charge in [0.25, 0.3) is 0 Å². The number of rotatable bonds is 2. The molecule has 66 valence electrons. The van der Waals surface area contributed by atoms with Crippen LogP contribution in [0.5, 0.6) is 0 Å². The molecule has 0 amide bonds. The Labute approximate surface area is 75.7 Å². The second kappa shape index (κ2) is 4.30. The lowest BCUT2D eigenvalue weighted by molar-refractivity contribution is 0.894. The molecule has 1 rings (SSSR count). The summed E-state index contributed by atoms with van der Waals surface area (Å²) in [4.78, 5) is 0. The van der Waals surface area contributed by atoms with Crippen molar-refractivity contribution in [2.45, 2.75) is 40.0 Å². The summed E-state index contributed by atoms with van der Waals surface area (Å²) in [6, 6.07) is 0. The van der Waals surface area contributed by atoms with Gasteiger partial charge in [-0.1, -0.05) is 36.3 Å². The zero-order valence-corrected chi connectivity index (χ0v) is 8.35. The Morgan fingerprint density at radius 3 is 2.75 bits per heavy atom. The van der Waals surface area contributed by atoms with Crippen LogP contribution in [0.15, 0.2) is 34.9 Å². The van der Waals surface area contributed by atoms with Crippen LogP contribution in [0.1, 0.15) is 40.0 Å². The zero-order chi connectivity index (χ0) is 8.97. The second-order valence-electron chi connectivity index (χ2n) is 3.54. The zero-order valence-electron chi connectivity index (χ0n) is 8.35. The maximum Gasteiger partial charge on any atom is -0.0271 e. The topological polar surface area (TPSA) is 0 Å². The fourth-order valence-electron chi connectivity index (χ4n) is 1.43. The first-order valence-corrected chi connectivity index (χ1v) is 4.77. The standard InChI is InChI=1S/C12H18/c1-4-5-6-12-9-10(2)7-8-11(12)3/h5-6,9H,4,7-8H2,1-3H3/b6-5-. The highest BCUT2D eigenvalue weighted by molar-refractivity contribution is 5.39. The third-order valence-electron chi connectivity index (χ3n) is 2.32. The third-order valence-corrected chi connectivity index (χ3v) is 2.32. The Morgan fingerprint density at radius 2 is 2.08 bits per heavy atom. The first kappa shape index (κ1) is 9.31. The van der Waals surface area contributed by atoms with Crippen molar-refractivity contribution in [3.8, 4) is 0 Å². The van der Waals surface area contributed by atoms with E-state index in [1.165, 1.54) is 29.6 Å². The van der Waals surface area contributed by atoms with E-state index in [-0.39, 0.29) is 0 Å². The normalized spacial score (nSPS) is 18.8. The number of hydrogen-bond acceptors (Lipinski definition) is 0. The lowest BCUT2D eigenvalue weighted by Crippen LogP contribution is -1.92. The van der Waals surface area contributed by atoms with Crippen LogP contribution in [0, 0.1) is 0 Å². The first-order valence-electron chi connectivity index (χ1n) is 4.77. The molecule has 0 spiro atoms. The van der Waals surface area contributed by atoms with Gasteiger partial charge in [-0.2, -0.15) is 0 Å². The van der Waals surface area contributed by atoms with Gasteiger partial charge >= 0.3 is 0 Å². The van der Waals surface area contributed by atoms with Gasteiger partial charge in [0, 0.05) is 0 Å². The summed E-state index contributed by atoms with van der Waals surface area (Å²) in [6.07, 6.45) is 10.4. The summed E-state index contributed by atoms with van der Waals surface area (Å²) >= 11 is 0. The van der Waals surface area contributed by atoms with Crippen molar-refractivity contribution in [2.75, 3.05) is 0 Å².